The topological polar surface area (TPSA) is 86.1 Å². The summed E-state index contributed by atoms with van der Waals surface area (Å²) in [6.45, 7) is 3.54. The van der Waals surface area contributed by atoms with Crippen LogP contribution in [0, 0.1) is 0 Å². The molecule has 178 valence electrons. The normalized spacial score (nSPS) is 10.9. The average molecular weight is 507 g/mol. The number of halogens is 1. The fraction of sp³-hybridized carbons (Fsp3) is 0.154. The van der Waals surface area contributed by atoms with Crippen LogP contribution in [-0.2, 0) is 9.53 Å². The quantitative estimate of drug-likeness (QED) is 0.237. The molecule has 0 spiro atoms. The van der Waals surface area contributed by atoms with Crippen LogP contribution in [0.3, 0.4) is 0 Å². The minimum atomic E-state index is -0.481. The molecule has 35 heavy (non-hydrogen) atoms. The highest BCUT2D eigenvalue weighted by Crippen LogP contribution is 2.29. The molecule has 4 aromatic rings. The fourth-order valence-electron chi connectivity index (χ4n) is 3.29. The summed E-state index contributed by atoms with van der Waals surface area (Å²) in [5.74, 6) is -0.0308. The Bertz CT molecular complexity index is 1330. The molecule has 0 unspecified atom stereocenters. The summed E-state index contributed by atoms with van der Waals surface area (Å²) < 4.78 is 7.14. The average Bonchev–Trinajstić information content (AvgIpc) is 3.29. The first-order chi connectivity index (χ1) is 16.9. The molecule has 1 amide bonds. The Morgan fingerprint density at radius 3 is 2.37 bits per heavy atom. The van der Waals surface area contributed by atoms with Crippen LogP contribution in [0.15, 0.2) is 84.0 Å². The lowest BCUT2D eigenvalue weighted by Gasteiger charge is -2.12. The lowest BCUT2D eigenvalue weighted by molar-refractivity contribution is -0.113. The molecule has 0 bridgehead atoms. The highest BCUT2D eigenvalue weighted by Gasteiger charge is 2.18. The van der Waals surface area contributed by atoms with Gasteiger partial charge in [0.2, 0.25) is 5.91 Å². The molecule has 0 aliphatic heterocycles. The first-order valence-corrected chi connectivity index (χ1v) is 12.3. The summed E-state index contributed by atoms with van der Waals surface area (Å²) >= 11 is 7.50. The van der Waals surface area contributed by atoms with E-state index in [2.05, 4.69) is 15.5 Å². The Labute approximate surface area is 212 Å². The fourth-order valence-corrected chi connectivity index (χ4v) is 4.21. The highest BCUT2D eigenvalue weighted by molar-refractivity contribution is 7.99. The maximum absolute atomic E-state index is 12.8. The number of rotatable bonds is 8. The first-order valence-electron chi connectivity index (χ1n) is 10.9. The standard InChI is InChI=1S/C26H23ClN4O3S/c1-17(2)34-25(33)19-13-14-21(27)22(15-19)28-23(32)16-35-26-30-29-24(18-9-5-3-6-10-18)31(26)20-11-7-4-8-12-20/h3-15,17H,16H2,1-2H3,(H,28,32). The van der Waals surface area contributed by atoms with Gasteiger partial charge in [0.25, 0.3) is 0 Å². The number of para-hydroxylation sites is 1. The van der Waals surface area contributed by atoms with Crippen molar-refractivity contribution in [2.24, 2.45) is 0 Å². The van der Waals surface area contributed by atoms with E-state index in [0.29, 0.717) is 27.3 Å². The van der Waals surface area contributed by atoms with Crippen LogP contribution in [0.1, 0.15) is 24.2 Å². The predicted molar refractivity (Wildman–Crippen MR) is 138 cm³/mol. The maximum atomic E-state index is 12.8. The van der Waals surface area contributed by atoms with Gasteiger partial charge in [0, 0.05) is 11.3 Å². The lowest BCUT2D eigenvalue weighted by Crippen LogP contribution is -2.16. The van der Waals surface area contributed by atoms with Crippen molar-refractivity contribution in [3.63, 3.8) is 0 Å². The minimum Gasteiger partial charge on any atom is -0.459 e. The van der Waals surface area contributed by atoms with Gasteiger partial charge in [-0.05, 0) is 44.2 Å². The summed E-state index contributed by atoms with van der Waals surface area (Å²) in [7, 11) is 0. The van der Waals surface area contributed by atoms with Gasteiger partial charge < -0.3 is 10.1 Å². The van der Waals surface area contributed by atoms with E-state index in [1.165, 1.54) is 17.8 Å². The van der Waals surface area contributed by atoms with Gasteiger partial charge in [-0.3, -0.25) is 9.36 Å². The number of anilines is 1. The Balaban J connectivity index is 1.52. The molecular formula is C26H23ClN4O3S. The van der Waals surface area contributed by atoms with Gasteiger partial charge in [-0.1, -0.05) is 71.9 Å². The molecule has 1 aromatic heterocycles. The van der Waals surface area contributed by atoms with Gasteiger partial charge in [-0.25, -0.2) is 4.79 Å². The molecule has 9 heteroatoms. The van der Waals surface area contributed by atoms with E-state index >= 15 is 0 Å². The molecular weight excluding hydrogens is 484 g/mol. The third kappa shape index (κ3) is 6.09. The summed E-state index contributed by atoms with van der Waals surface area (Å²) in [5, 5.41) is 12.4. The lowest BCUT2D eigenvalue weighted by atomic mass is 10.2. The molecule has 0 fully saturated rings. The Morgan fingerprint density at radius 1 is 1.00 bits per heavy atom. The Kier molecular flexibility index (Phi) is 7.84. The second-order valence-corrected chi connectivity index (χ2v) is 9.18. The van der Waals surface area contributed by atoms with Gasteiger partial charge in [0.15, 0.2) is 11.0 Å². The predicted octanol–water partition coefficient (Wildman–Crippen LogP) is 5.88. The number of thioether (sulfide) groups is 1. The monoisotopic (exact) mass is 506 g/mol. The number of benzene rings is 3. The van der Waals surface area contributed by atoms with Crippen molar-refractivity contribution in [1.29, 1.82) is 0 Å². The van der Waals surface area contributed by atoms with Crippen LogP contribution >= 0.6 is 23.4 Å². The molecule has 0 saturated carbocycles. The third-order valence-electron chi connectivity index (χ3n) is 4.83. The van der Waals surface area contributed by atoms with Crippen molar-refractivity contribution in [3.05, 3.63) is 89.4 Å². The van der Waals surface area contributed by atoms with E-state index in [4.69, 9.17) is 16.3 Å². The highest BCUT2D eigenvalue weighted by atomic mass is 35.5. The van der Waals surface area contributed by atoms with Crippen LogP contribution in [0.25, 0.3) is 17.1 Å². The van der Waals surface area contributed by atoms with Crippen molar-refractivity contribution in [2.75, 3.05) is 11.1 Å². The summed E-state index contributed by atoms with van der Waals surface area (Å²) in [6, 6.07) is 24.1. The Morgan fingerprint density at radius 2 is 1.69 bits per heavy atom. The summed E-state index contributed by atoms with van der Waals surface area (Å²) in [5.41, 5.74) is 2.45. The molecule has 1 N–H and O–H groups in total. The first kappa shape index (κ1) is 24.5. The second-order valence-electron chi connectivity index (χ2n) is 7.83. The van der Waals surface area contributed by atoms with E-state index in [1.807, 2.05) is 65.2 Å². The molecule has 0 saturated heterocycles. The number of hydrogen-bond donors (Lipinski definition) is 1. The van der Waals surface area contributed by atoms with Crippen LogP contribution in [0.4, 0.5) is 5.69 Å². The zero-order valence-corrected chi connectivity index (χ0v) is 20.7. The van der Waals surface area contributed by atoms with Crippen LogP contribution in [-0.4, -0.2) is 38.5 Å². The van der Waals surface area contributed by atoms with Crippen molar-refractivity contribution >= 4 is 40.9 Å². The van der Waals surface area contributed by atoms with E-state index in [9.17, 15) is 9.59 Å². The van der Waals surface area contributed by atoms with Crippen molar-refractivity contribution < 1.29 is 14.3 Å². The number of amides is 1. The van der Waals surface area contributed by atoms with Gasteiger partial charge >= 0.3 is 5.97 Å². The number of carbonyl (C=O) groups excluding carboxylic acids is 2. The summed E-state index contributed by atoms with van der Waals surface area (Å²) in [6.07, 6.45) is -0.254. The number of ether oxygens (including phenoxy) is 1. The summed E-state index contributed by atoms with van der Waals surface area (Å²) in [4.78, 5) is 25.0. The molecule has 1 heterocycles. The number of esters is 1. The van der Waals surface area contributed by atoms with E-state index < -0.39 is 5.97 Å². The van der Waals surface area contributed by atoms with E-state index in [-0.39, 0.29) is 17.8 Å². The largest absolute Gasteiger partial charge is 0.459 e. The van der Waals surface area contributed by atoms with Crippen molar-refractivity contribution in [2.45, 2.75) is 25.1 Å². The van der Waals surface area contributed by atoms with E-state index in [1.54, 1.807) is 26.0 Å². The number of hydrogen-bond acceptors (Lipinski definition) is 6. The maximum Gasteiger partial charge on any atom is 0.338 e. The van der Waals surface area contributed by atoms with Crippen LogP contribution < -0.4 is 5.32 Å². The minimum absolute atomic E-state index is 0.0662. The molecule has 7 nitrogen and oxygen atoms in total. The molecule has 0 aliphatic rings. The van der Waals surface area contributed by atoms with E-state index in [0.717, 1.165) is 11.3 Å². The molecule has 4 rings (SSSR count). The van der Waals surface area contributed by atoms with Gasteiger partial charge in [0.1, 0.15) is 0 Å². The number of carbonyl (C=O) groups is 2. The zero-order chi connectivity index (χ0) is 24.8. The molecule has 0 radical (unpaired) electrons. The second kappa shape index (κ2) is 11.2. The van der Waals surface area contributed by atoms with Crippen LogP contribution in [0.2, 0.25) is 5.02 Å². The van der Waals surface area contributed by atoms with Crippen LogP contribution in [0.5, 0.6) is 0 Å². The molecule has 0 atom stereocenters. The molecule has 0 aliphatic carbocycles. The van der Waals surface area contributed by atoms with Crippen molar-refractivity contribution in [3.8, 4) is 17.1 Å². The number of aromatic nitrogens is 3. The zero-order valence-electron chi connectivity index (χ0n) is 19.1. The van der Waals surface area contributed by atoms with Gasteiger partial charge in [0.05, 0.1) is 28.1 Å². The third-order valence-corrected chi connectivity index (χ3v) is 6.09. The Hall–Kier alpha value is -3.62. The van der Waals surface area contributed by atoms with Gasteiger partial charge in [-0.15, -0.1) is 10.2 Å². The van der Waals surface area contributed by atoms with Gasteiger partial charge in [-0.2, -0.15) is 0 Å². The van der Waals surface area contributed by atoms with Crippen molar-refractivity contribution in [1.82, 2.24) is 14.8 Å². The number of nitrogens with zero attached hydrogens (tertiary/aromatic N) is 3. The number of nitrogens with one attached hydrogen (secondary N) is 1. The molecule has 3 aromatic carbocycles. The smallest absolute Gasteiger partial charge is 0.338 e. The SMILES string of the molecule is CC(C)OC(=O)c1ccc(Cl)c(NC(=O)CSc2nnc(-c3ccccc3)n2-c2ccccc2)c1.